The third-order valence-electron chi connectivity index (χ3n) is 3.58. The predicted molar refractivity (Wildman–Crippen MR) is 70.9 cm³/mol. The van der Waals surface area contributed by atoms with Crippen molar-refractivity contribution in [3.63, 3.8) is 0 Å². The van der Waals surface area contributed by atoms with Crippen LogP contribution >= 0.6 is 0 Å². The van der Waals surface area contributed by atoms with Crippen LogP contribution in [0.4, 0.5) is 0 Å². The molecule has 0 aromatic carbocycles. The Morgan fingerprint density at radius 1 is 1.50 bits per heavy atom. The van der Waals surface area contributed by atoms with Crippen molar-refractivity contribution in [3.05, 3.63) is 5.82 Å². The van der Waals surface area contributed by atoms with Crippen LogP contribution in [0.1, 0.15) is 52.0 Å². The largest absolute Gasteiger partial charge is 0.481 e. The average Bonchev–Trinajstić information content (AvgIpc) is 2.96. The second-order valence-electron chi connectivity index (χ2n) is 5.90. The molecule has 1 aromatic rings. The van der Waals surface area contributed by atoms with Crippen LogP contribution in [0.5, 0.6) is 0 Å². The third kappa shape index (κ3) is 3.53. The summed E-state index contributed by atoms with van der Waals surface area (Å²) in [6, 6.07) is 0. The molecular weight excluding hydrogens is 260 g/mol. The Bertz CT molecular complexity index is 460. The minimum Gasteiger partial charge on any atom is -0.481 e. The van der Waals surface area contributed by atoms with Crippen molar-refractivity contribution in [1.29, 1.82) is 0 Å². The monoisotopic (exact) mass is 282 g/mol. The first kappa shape index (κ1) is 14.9. The van der Waals surface area contributed by atoms with E-state index < -0.39 is 11.9 Å². The summed E-state index contributed by atoms with van der Waals surface area (Å²) in [7, 11) is 0. The van der Waals surface area contributed by atoms with E-state index >= 15 is 0 Å². The summed E-state index contributed by atoms with van der Waals surface area (Å²) >= 11 is 0. The van der Waals surface area contributed by atoms with Gasteiger partial charge in [0.2, 0.25) is 0 Å². The lowest BCUT2D eigenvalue weighted by atomic mass is 9.97. The Kier molecular flexibility index (Phi) is 4.69. The van der Waals surface area contributed by atoms with E-state index in [1.54, 1.807) is 4.68 Å². The molecule has 1 fully saturated rings. The zero-order valence-electron chi connectivity index (χ0n) is 12.2. The molecule has 0 amide bonds. The number of tetrazole rings is 1. The maximum absolute atomic E-state index is 11.3. The van der Waals surface area contributed by atoms with Gasteiger partial charge < -0.3 is 9.84 Å². The van der Waals surface area contributed by atoms with E-state index in [-0.39, 0.29) is 12.2 Å². The first-order chi connectivity index (χ1) is 9.47. The molecule has 1 saturated heterocycles. The molecule has 112 valence electrons. The van der Waals surface area contributed by atoms with Gasteiger partial charge in [0.1, 0.15) is 6.10 Å². The van der Waals surface area contributed by atoms with Crippen LogP contribution < -0.4 is 0 Å². The molecule has 2 rings (SSSR count). The van der Waals surface area contributed by atoms with Crippen molar-refractivity contribution < 1.29 is 14.6 Å². The molecule has 0 spiro atoms. The standard InChI is InChI=1S/C13H22N4O3/c1-8(2)6-10(13(18)19)7-17-12(14-15-16-17)11-5-4-9(3)20-11/h8-11H,4-7H2,1-3H3,(H,18,19). The number of aromatic nitrogens is 4. The van der Waals surface area contributed by atoms with Crippen molar-refractivity contribution in [2.24, 2.45) is 11.8 Å². The van der Waals surface area contributed by atoms with Crippen molar-refractivity contribution in [2.45, 2.75) is 58.8 Å². The zero-order valence-corrected chi connectivity index (χ0v) is 12.2. The average molecular weight is 282 g/mol. The van der Waals surface area contributed by atoms with Crippen molar-refractivity contribution in [1.82, 2.24) is 20.2 Å². The van der Waals surface area contributed by atoms with Crippen LogP contribution in [0.3, 0.4) is 0 Å². The minimum absolute atomic E-state index is 0.117. The van der Waals surface area contributed by atoms with Crippen LogP contribution in [-0.2, 0) is 16.1 Å². The topological polar surface area (TPSA) is 90.1 Å². The molecule has 1 N–H and O–H groups in total. The van der Waals surface area contributed by atoms with Crippen molar-refractivity contribution >= 4 is 5.97 Å². The van der Waals surface area contributed by atoms with E-state index in [0.29, 0.717) is 24.7 Å². The first-order valence-electron chi connectivity index (χ1n) is 7.11. The molecule has 3 unspecified atom stereocenters. The highest BCUT2D eigenvalue weighted by Crippen LogP contribution is 2.31. The number of aliphatic carboxylic acids is 1. The summed E-state index contributed by atoms with van der Waals surface area (Å²) in [6.45, 7) is 6.34. The molecule has 1 aromatic heterocycles. The maximum Gasteiger partial charge on any atom is 0.308 e. The van der Waals surface area contributed by atoms with Gasteiger partial charge in [0.15, 0.2) is 5.82 Å². The van der Waals surface area contributed by atoms with E-state index in [1.807, 2.05) is 20.8 Å². The van der Waals surface area contributed by atoms with Gasteiger partial charge in [-0.05, 0) is 42.5 Å². The molecule has 0 radical (unpaired) electrons. The molecule has 7 heteroatoms. The highest BCUT2D eigenvalue weighted by molar-refractivity contribution is 5.69. The van der Waals surface area contributed by atoms with Crippen LogP contribution in [-0.4, -0.2) is 37.4 Å². The minimum atomic E-state index is -0.805. The van der Waals surface area contributed by atoms with Crippen LogP contribution in [0.2, 0.25) is 0 Å². The number of rotatable bonds is 6. The van der Waals surface area contributed by atoms with Crippen LogP contribution in [0.25, 0.3) is 0 Å². The Morgan fingerprint density at radius 2 is 2.25 bits per heavy atom. The molecule has 1 aliphatic heterocycles. The summed E-state index contributed by atoms with van der Waals surface area (Å²) in [6.07, 6.45) is 2.55. The highest BCUT2D eigenvalue weighted by Gasteiger charge is 2.30. The van der Waals surface area contributed by atoms with Gasteiger partial charge >= 0.3 is 5.97 Å². The number of hydrogen-bond donors (Lipinski definition) is 1. The van der Waals surface area contributed by atoms with E-state index in [9.17, 15) is 9.90 Å². The molecule has 0 bridgehead atoms. The fraction of sp³-hybridized carbons (Fsp3) is 0.846. The fourth-order valence-electron chi connectivity index (χ4n) is 2.60. The van der Waals surface area contributed by atoms with Gasteiger partial charge in [-0.2, -0.15) is 0 Å². The first-order valence-corrected chi connectivity index (χ1v) is 7.11. The summed E-state index contributed by atoms with van der Waals surface area (Å²) < 4.78 is 7.35. The Hall–Kier alpha value is -1.50. The number of carboxylic acids is 1. The maximum atomic E-state index is 11.3. The van der Waals surface area contributed by atoms with E-state index in [0.717, 1.165) is 12.8 Å². The second-order valence-corrected chi connectivity index (χ2v) is 5.90. The Morgan fingerprint density at radius 3 is 2.80 bits per heavy atom. The van der Waals surface area contributed by atoms with Gasteiger partial charge in [0, 0.05) is 0 Å². The normalized spacial score (nSPS) is 24.2. The quantitative estimate of drug-likeness (QED) is 0.853. The Balaban J connectivity index is 2.09. The SMILES string of the molecule is CC(C)CC(Cn1nnnc1C1CCC(C)O1)C(=O)O. The van der Waals surface area contributed by atoms with E-state index in [4.69, 9.17) is 4.74 Å². The molecule has 0 saturated carbocycles. The van der Waals surface area contributed by atoms with Gasteiger partial charge in [-0.25, -0.2) is 4.68 Å². The summed E-state index contributed by atoms with van der Waals surface area (Å²) in [5.41, 5.74) is 0. The van der Waals surface area contributed by atoms with Gasteiger partial charge in [-0.1, -0.05) is 13.8 Å². The molecule has 3 atom stereocenters. The zero-order chi connectivity index (χ0) is 14.7. The highest BCUT2D eigenvalue weighted by atomic mass is 16.5. The fourth-order valence-corrected chi connectivity index (χ4v) is 2.60. The van der Waals surface area contributed by atoms with E-state index in [1.165, 1.54) is 0 Å². The van der Waals surface area contributed by atoms with Gasteiger partial charge in [-0.3, -0.25) is 4.79 Å². The number of hydrogen-bond acceptors (Lipinski definition) is 5. The third-order valence-corrected chi connectivity index (χ3v) is 3.58. The van der Waals surface area contributed by atoms with Crippen LogP contribution in [0.15, 0.2) is 0 Å². The Labute approximate surface area is 118 Å². The number of nitrogens with zero attached hydrogens (tertiary/aromatic N) is 4. The number of carboxylic acid groups (broad SMARTS) is 1. The summed E-state index contributed by atoms with van der Waals surface area (Å²) in [5, 5.41) is 20.9. The summed E-state index contributed by atoms with van der Waals surface area (Å²) in [5.74, 6) is -0.319. The predicted octanol–water partition coefficient (Wildman–Crippen LogP) is 1.66. The van der Waals surface area contributed by atoms with Gasteiger partial charge in [0.25, 0.3) is 0 Å². The summed E-state index contributed by atoms with van der Waals surface area (Å²) in [4.78, 5) is 11.3. The number of carbonyl (C=O) groups is 1. The van der Waals surface area contributed by atoms with E-state index in [2.05, 4.69) is 15.5 Å². The molecule has 20 heavy (non-hydrogen) atoms. The van der Waals surface area contributed by atoms with Gasteiger partial charge in [-0.15, -0.1) is 5.10 Å². The van der Waals surface area contributed by atoms with Crippen LogP contribution in [0, 0.1) is 11.8 Å². The second kappa shape index (κ2) is 6.30. The lowest BCUT2D eigenvalue weighted by Crippen LogP contribution is -2.24. The molecule has 7 nitrogen and oxygen atoms in total. The smallest absolute Gasteiger partial charge is 0.308 e. The molecule has 1 aliphatic rings. The van der Waals surface area contributed by atoms with Crippen molar-refractivity contribution in [2.75, 3.05) is 0 Å². The van der Waals surface area contributed by atoms with Gasteiger partial charge in [0.05, 0.1) is 18.6 Å². The lowest BCUT2D eigenvalue weighted by molar-refractivity contribution is -0.143. The molecule has 0 aliphatic carbocycles. The van der Waals surface area contributed by atoms with Crippen molar-refractivity contribution in [3.8, 4) is 0 Å². The number of ether oxygens (including phenoxy) is 1. The molecule has 2 heterocycles. The molecular formula is C13H22N4O3. The lowest BCUT2D eigenvalue weighted by Gasteiger charge is -2.16.